The summed E-state index contributed by atoms with van der Waals surface area (Å²) >= 11 is 1.85. The molecule has 1 fully saturated rings. The van der Waals surface area contributed by atoms with Crippen LogP contribution in [0.5, 0.6) is 0 Å². The lowest BCUT2D eigenvalue weighted by molar-refractivity contribution is 0.202. The molecule has 2 nitrogen and oxygen atoms in total. The summed E-state index contributed by atoms with van der Waals surface area (Å²) in [7, 11) is 0. The third-order valence-corrected chi connectivity index (χ3v) is 4.51. The molecule has 1 aliphatic heterocycles. The smallest absolute Gasteiger partial charge is 0.0346 e. The van der Waals surface area contributed by atoms with Crippen molar-refractivity contribution in [2.24, 2.45) is 5.73 Å². The van der Waals surface area contributed by atoms with Crippen molar-refractivity contribution in [1.29, 1.82) is 0 Å². The molecule has 1 aliphatic rings. The molecule has 18 heavy (non-hydrogen) atoms. The Kier molecular flexibility index (Phi) is 4.62. The van der Waals surface area contributed by atoms with Crippen molar-refractivity contribution in [2.45, 2.75) is 25.4 Å². The molecule has 0 spiro atoms. The van der Waals surface area contributed by atoms with Gasteiger partial charge in [0, 0.05) is 23.8 Å². The maximum absolute atomic E-state index is 6.03. The van der Waals surface area contributed by atoms with E-state index in [1.54, 1.807) is 0 Å². The maximum atomic E-state index is 6.03. The van der Waals surface area contributed by atoms with Gasteiger partial charge < -0.3 is 5.73 Å². The maximum Gasteiger partial charge on any atom is 0.0346 e. The quantitative estimate of drug-likeness (QED) is 0.916. The molecule has 1 atom stereocenters. The fraction of sp³-hybridized carbons (Fsp3) is 0.429. The number of piperidine rings is 1. The number of halogens is 1. The number of benzene rings is 1. The van der Waals surface area contributed by atoms with Crippen LogP contribution in [0.25, 0.3) is 10.1 Å². The van der Waals surface area contributed by atoms with Crippen LogP contribution in [0.1, 0.15) is 18.4 Å². The lowest BCUT2D eigenvalue weighted by atomic mass is 10.1. The molecule has 2 heterocycles. The minimum absolute atomic E-state index is 0. The molecule has 1 aromatic heterocycles. The SMILES string of the molecule is Cl.N[C@@H]1CCCN(Cc2csc3ccccc23)C1. The Balaban J connectivity index is 0.00000120. The standard InChI is InChI=1S/C14H18N2S.ClH/c15-12-4-3-7-16(9-12)8-11-10-17-14-6-2-1-5-13(11)14;/h1-2,5-6,10,12H,3-4,7-9,15H2;1H/t12-;/m1./s1. The van der Waals surface area contributed by atoms with Gasteiger partial charge in [-0.05, 0) is 41.8 Å². The molecule has 0 aliphatic carbocycles. The highest BCUT2D eigenvalue weighted by Crippen LogP contribution is 2.27. The second-order valence-corrected chi connectivity index (χ2v) is 5.81. The van der Waals surface area contributed by atoms with E-state index < -0.39 is 0 Å². The number of nitrogens with two attached hydrogens (primary N) is 1. The summed E-state index contributed by atoms with van der Waals surface area (Å²) in [5.74, 6) is 0. The number of hydrogen-bond acceptors (Lipinski definition) is 3. The molecule has 0 radical (unpaired) electrons. The van der Waals surface area contributed by atoms with E-state index in [2.05, 4.69) is 34.5 Å². The number of rotatable bonds is 2. The van der Waals surface area contributed by atoms with E-state index in [1.165, 1.54) is 35.0 Å². The van der Waals surface area contributed by atoms with Gasteiger partial charge in [-0.25, -0.2) is 0 Å². The highest BCUT2D eigenvalue weighted by atomic mass is 35.5. The summed E-state index contributed by atoms with van der Waals surface area (Å²) in [5, 5.41) is 3.71. The number of hydrogen-bond donors (Lipinski definition) is 1. The molecule has 0 amide bonds. The minimum atomic E-state index is 0. The van der Waals surface area contributed by atoms with Gasteiger partial charge in [-0.2, -0.15) is 0 Å². The van der Waals surface area contributed by atoms with Gasteiger partial charge >= 0.3 is 0 Å². The van der Waals surface area contributed by atoms with Crippen molar-refractivity contribution in [3.8, 4) is 0 Å². The van der Waals surface area contributed by atoms with Crippen LogP contribution in [0.15, 0.2) is 29.6 Å². The molecule has 1 aromatic carbocycles. The van der Waals surface area contributed by atoms with E-state index in [4.69, 9.17) is 5.73 Å². The number of fused-ring (bicyclic) bond motifs is 1. The first-order valence-electron chi connectivity index (χ1n) is 6.26. The van der Waals surface area contributed by atoms with Gasteiger partial charge in [0.05, 0.1) is 0 Å². The van der Waals surface area contributed by atoms with Crippen LogP contribution < -0.4 is 5.73 Å². The average Bonchev–Trinajstić information content (AvgIpc) is 2.73. The summed E-state index contributed by atoms with van der Waals surface area (Å²) in [5.41, 5.74) is 7.49. The zero-order valence-corrected chi connectivity index (χ0v) is 12.0. The van der Waals surface area contributed by atoms with Crippen molar-refractivity contribution in [2.75, 3.05) is 13.1 Å². The van der Waals surface area contributed by atoms with Crippen LogP contribution >= 0.6 is 23.7 Å². The first kappa shape index (κ1) is 13.8. The van der Waals surface area contributed by atoms with E-state index in [1.807, 2.05) is 11.3 Å². The zero-order valence-electron chi connectivity index (χ0n) is 10.3. The number of likely N-dealkylation sites (tertiary alicyclic amines) is 1. The molecule has 2 N–H and O–H groups in total. The molecule has 3 rings (SSSR count). The van der Waals surface area contributed by atoms with E-state index >= 15 is 0 Å². The lowest BCUT2D eigenvalue weighted by Gasteiger charge is -2.30. The van der Waals surface area contributed by atoms with E-state index in [0.29, 0.717) is 6.04 Å². The topological polar surface area (TPSA) is 29.3 Å². The third-order valence-electron chi connectivity index (χ3n) is 3.50. The molecule has 2 aromatic rings. The third kappa shape index (κ3) is 2.86. The van der Waals surface area contributed by atoms with Crippen molar-refractivity contribution >= 4 is 33.8 Å². The van der Waals surface area contributed by atoms with Crippen molar-refractivity contribution in [3.05, 3.63) is 35.2 Å². The van der Waals surface area contributed by atoms with Gasteiger partial charge in [0.1, 0.15) is 0 Å². The van der Waals surface area contributed by atoms with Crippen molar-refractivity contribution in [1.82, 2.24) is 4.90 Å². The second-order valence-electron chi connectivity index (χ2n) is 4.89. The van der Waals surface area contributed by atoms with Gasteiger partial charge in [0.2, 0.25) is 0 Å². The Morgan fingerprint density at radius 1 is 1.33 bits per heavy atom. The fourth-order valence-corrected chi connectivity index (χ4v) is 3.59. The normalized spacial score (nSPS) is 20.8. The summed E-state index contributed by atoms with van der Waals surface area (Å²) in [6.45, 7) is 3.29. The van der Waals surface area contributed by atoms with Crippen LogP contribution in [0.4, 0.5) is 0 Å². The summed E-state index contributed by atoms with van der Waals surface area (Å²) < 4.78 is 1.39. The van der Waals surface area contributed by atoms with E-state index in [9.17, 15) is 0 Å². The average molecular weight is 283 g/mol. The van der Waals surface area contributed by atoms with Crippen LogP contribution in [0.2, 0.25) is 0 Å². The monoisotopic (exact) mass is 282 g/mol. The van der Waals surface area contributed by atoms with Crippen LogP contribution in [0, 0.1) is 0 Å². The molecule has 98 valence electrons. The predicted molar refractivity (Wildman–Crippen MR) is 81.6 cm³/mol. The Labute approximate surface area is 118 Å². The van der Waals surface area contributed by atoms with Gasteiger partial charge in [0.25, 0.3) is 0 Å². The minimum Gasteiger partial charge on any atom is -0.327 e. The highest BCUT2D eigenvalue weighted by Gasteiger charge is 2.17. The van der Waals surface area contributed by atoms with Gasteiger partial charge in [-0.15, -0.1) is 23.7 Å². The largest absolute Gasteiger partial charge is 0.327 e. The molecule has 1 saturated heterocycles. The lowest BCUT2D eigenvalue weighted by Crippen LogP contribution is -2.42. The first-order valence-corrected chi connectivity index (χ1v) is 7.14. The fourth-order valence-electron chi connectivity index (χ4n) is 2.63. The molecule has 0 saturated carbocycles. The highest BCUT2D eigenvalue weighted by molar-refractivity contribution is 7.17. The molecule has 4 heteroatoms. The van der Waals surface area contributed by atoms with Gasteiger partial charge in [-0.1, -0.05) is 18.2 Å². The summed E-state index contributed by atoms with van der Waals surface area (Å²) in [6.07, 6.45) is 2.42. The van der Waals surface area contributed by atoms with Gasteiger partial charge in [0.15, 0.2) is 0 Å². The number of thiophene rings is 1. The molecule has 0 unspecified atom stereocenters. The van der Waals surface area contributed by atoms with Gasteiger partial charge in [-0.3, -0.25) is 4.90 Å². The van der Waals surface area contributed by atoms with Crippen LogP contribution in [-0.4, -0.2) is 24.0 Å². The Morgan fingerprint density at radius 3 is 3.00 bits per heavy atom. The molecular formula is C14H19ClN2S. The molecule has 0 bridgehead atoms. The summed E-state index contributed by atoms with van der Waals surface area (Å²) in [4.78, 5) is 2.49. The van der Waals surface area contributed by atoms with Crippen molar-refractivity contribution < 1.29 is 0 Å². The second kappa shape index (κ2) is 6.02. The zero-order chi connectivity index (χ0) is 11.7. The van der Waals surface area contributed by atoms with Crippen molar-refractivity contribution in [3.63, 3.8) is 0 Å². The summed E-state index contributed by atoms with van der Waals surface area (Å²) in [6, 6.07) is 9.03. The Hall–Kier alpha value is -0.610. The first-order chi connectivity index (χ1) is 8.33. The van der Waals surface area contributed by atoms with Crippen LogP contribution in [0.3, 0.4) is 0 Å². The Morgan fingerprint density at radius 2 is 2.17 bits per heavy atom. The molecular weight excluding hydrogens is 264 g/mol. The van der Waals surface area contributed by atoms with E-state index in [-0.39, 0.29) is 12.4 Å². The predicted octanol–water partition coefficient (Wildman–Crippen LogP) is 3.25. The Bertz CT molecular complexity index is 511. The number of nitrogens with zero attached hydrogens (tertiary/aromatic N) is 1. The van der Waals surface area contributed by atoms with E-state index in [0.717, 1.165) is 13.1 Å². The van der Waals surface area contributed by atoms with Crippen LogP contribution in [-0.2, 0) is 6.54 Å².